The minimum atomic E-state index is -0.214. The number of rotatable bonds is 6. The van der Waals surface area contributed by atoms with Crippen LogP contribution in [0.5, 0.6) is 5.75 Å². The van der Waals surface area contributed by atoms with Crippen molar-refractivity contribution in [1.29, 1.82) is 0 Å². The summed E-state index contributed by atoms with van der Waals surface area (Å²) in [6, 6.07) is 7.52. The first-order valence-corrected chi connectivity index (χ1v) is 7.72. The van der Waals surface area contributed by atoms with Crippen LogP contribution >= 0.6 is 0 Å². The van der Waals surface area contributed by atoms with Gasteiger partial charge in [-0.1, -0.05) is 39.5 Å². The molecule has 118 valence electrons. The number of allylic oxidation sites excluding steroid dienone is 1. The average molecular weight is 290 g/mol. The highest BCUT2D eigenvalue weighted by Gasteiger charge is 2.30. The van der Waals surface area contributed by atoms with Crippen molar-refractivity contribution in [3.63, 3.8) is 0 Å². The number of hydrogen-bond donors (Lipinski definition) is 1. The van der Waals surface area contributed by atoms with Gasteiger partial charge in [-0.05, 0) is 57.2 Å². The zero-order valence-corrected chi connectivity index (χ0v) is 14.4. The van der Waals surface area contributed by atoms with Crippen LogP contribution in [0.25, 0.3) is 0 Å². The maximum absolute atomic E-state index is 9.43. The number of phenolic OH excluding ortho intramolecular Hbond substituents is 1. The molecule has 0 radical (unpaired) electrons. The molecule has 0 amide bonds. The number of hydrogen-bond acceptors (Lipinski definition) is 2. The minimum absolute atomic E-state index is 0.0914. The molecule has 1 N–H and O–H groups in total. The number of benzene rings is 1. The second-order valence-corrected chi connectivity index (χ2v) is 7.42. The molecule has 2 heteroatoms. The predicted octanol–water partition coefficient (Wildman–Crippen LogP) is 5.63. The standard InChI is InChI=1S/C19H30O2/c1-8-15(16-9-11-17(20)12-10-16)13-19(6,7)14(2)21-18(3,4)5/h9-12,15,20H,2,8,13H2,1,3-7H3. The number of phenols is 1. The molecule has 1 atom stereocenters. The molecule has 0 aliphatic heterocycles. The fourth-order valence-electron chi connectivity index (χ4n) is 2.48. The summed E-state index contributed by atoms with van der Waals surface area (Å²) in [5.41, 5.74) is 0.951. The number of ether oxygens (including phenoxy) is 1. The van der Waals surface area contributed by atoms with Crippen LogP contribution in [0.3, 0.4) is 0 Å². The van der Waals surface area contributed by atoms with Crippen LogP contribution in [0.4, 0.5) is 0 Å². The predicted molar refractivity (Wildman–Crippen MR) is 89.5 cm³/mol. The molecule has 0 aliphatic rings. The van der Waals surface area contributed by atoms with Crippen LogP contribution in [0.1, 0.15) is 65.9 Å². The average Bonchev–Trinajstić information content (AvgIpc) is 2.35. The molecule has 0 spiro atoms. The van der Waals surface area contributed by atoms with Crippen LogP contribution in [0.2, 0.25) is 0 Å². The Bertz CT molecular complexity index is 463. The maximum Gasteiger partial charge on any atom is 0.115 e. The lowest BCUT2D eigenvalue weighted by Crippen LogP contribution is -2.27. The van der Waals surface area contributed by atoms with Crippen molar-refractivity contribution in [3.8, 4) is 5.75 Å². The van der Waals surface area contributed by atoms with E-state index in [4.69, 9.17) is 4.74 Å². The summed E-state index contributed by atoms with van der Waals surface area (Å²) in [6.45, 7) is 16.9. The molecule has 0 saturated heterocycles. The van der Waals surface area contributed by atoms with Gasteiger partial charge in [0.1, 0.15) is 11.4 Å². The lowest BCUT2D eigenvalue weighted by Gasteiger charge is -2.35. The Hall–Kier alpha value is -1.44. The summed E-state index contributed by atoms with van der Waals surface area (Å²) in [6.07, 6.45) is 2.03. The van der Waals surface area contributed by atoms with Crippen molar-refractivity contribution in [2.75, 3.05) is 0 Å². The molecule has 0 aliphatic carbocycles. The third kappa shape index (κ3) is 5.45. The van der Waals surface area contributed by atoms with Gasteiger partial charge in [0.15, 0.2) is 0 Å². The lowest BCUT2D eigenvalue weighted by atomic mass is 9.77. The Kier molecular flexibility index (Phi) is 5.49. The highest BCUT2D eigenvalue weighted by molar-refractivity contribution is 5.28. The molecule has 1 aromatic rings. The van der Waals surface area contributed by atoms with E-state index in [0.29, 0.717) is 11.7 Å². The van der Waals surface area contributed by atoms with Gasteiger partial charge < -0.3 is 9.84 Å². The topological polar surface area (TPSA) is 29.5 Å². The molecule has 1 unspecified atom stereocenters. The van der Waals surface area contributed by atoms with E-state index in [-0.39, 0.29) is 11.0 Å². The van der Waals surface area contributed by atoms with E-state index in [0.717, 1.165) is 18.6 Å². The van der Waals surface area contributed by atoms with Crippen molar-refractivity contribution in [3.05, 3.63) is 42.2 Å². The van der Waals surface area contributed by atoms with Crippen molar-refractivity contribution < 1.29 is 9.84 Å². The fraction of sp³-hybridized carbons (Fsp3) is 0.579. The lowest BCUT2D eigenvalue weighted by molar-refractivity contribution is 0.0153. The van der Waals surface area contributed by atoms with Crippen LogP contribution in [-0.2, 0) is 4.74 Å². The Labute approximate surface area is 129 Å². The SMILES string of the molecule is C=C(OC(C)(C)C)C(C)(C)CC(CC)c1ccc(O)cc1. The minimum Gasteiger partial charge on any atom is -0.508 e. The molecule has 0 aromatic heterocycles. The second kappa shape index (κ2) is 6.55. The highest BCUT2D eigenvalue weighted by Crippen LogP contribution is 2.40. The maximum atomic E-state index is 9.43. The van der Waals surface area contributed by atoms with Gasteiger partial charge in [-0.3, -0.25) is 0 Å². The van der Waals surface area contributed by atoms with Crippen LogP contribution in [-0.4, -0.2) is 10.7 Å². The molecule has 0 saturated carbocycles. The molecule has 0 heterocycles. The van der Waals surface area contributed by atoms with Crippen molar-refractivity contribution in [1.82, 2.24) is 0 Å². The van der Waals surface area contributed by atoms with Crippen molar-refractivity contribution in [2.24, 2.45) is 5.41 Å². The fourth-order valence-corrected chi connectivity index (χ4v) is 2.48. The molecule has 0 fully saturated rings. The van der Waals surface area contributed by atoms with Gasteiger partial charge >= 0.3 is 0 Å². The normalized spacial score (nSPS) is 13.8. The quantitative estimate of drug-likeness (QED) is 0.688. The van der Waals surface area contributed by atoms with Gasteiger partial charge in [0.2, 0.25) is 0 Å². The Morgan fingerprint density at radius 3 is 2.10 bits per heavy atom. The van der Waals surface area contributed by atoms with Crippen LogP contribution in [0, 0.1) is 5.41 Å². The molecule has 1 aromatic carbocycles. The zero-order chi connectivity index (χ0) is 16.3. The zero-order valence-electron chi connectivity index (χ0n) is 14.4. The summed E-state index contributed by atoms with van der Waals surface area (Å²) in [7, 11) is 0. The van der Waals surface area contributed by atoms with E-state index >= 15 is 0 Å². The van der Waals surface area contributed by atoms with Gasteiger partial charge in [0.25, 0.3) is 0 Å². The summed E-state index contributed by atoms with van der Waals surface area (Å²) in [5.74, 6) is 1.58. The smallest absolute Gasteiger partial charge is 0.115 e. The van der Waals surface area contributed by atoms with E-state index in [1.807, 2.05) is 32.9 Å². The first-order valence-electron chi connectivity index (χ1n) is 7.72. The third-order valence-corrected chi connectivity index (χ3v) is 3.80. The molecule has 1 rings (SSSR count). The van der Waals surface area contributed by atoms with Gasteiger partial charge in [0, 0.05) is 5.41 Å². The van der Waals surface area contributed by atoms with E-state index < -0.39 is 0 Å². The van der Waals surface area contributed by atoms with Crippen molar-refractivity contribution >= 4 is 0 Å². The first kappa shape index (κ1) is 17.6. The van der Waals surface area contributed by atoms with Gasteiger partial charge in [-0.2, -0.15) is 0 Å². The van der Waals surface area contributed by atoms with Crippen LogP contribution in [0.15, 0.2) is 36.6 Å². The Balaban J connectivity index is 2.84. The molecular weight excluding hydrogens is 260 g/mol. The van der Waals surface area contributed by atoms with Gasteiger partial charge in [0.05, 0.1) is 5.76 Å². The molecule has 21 heavy (non-hydrogen) atoms. The van der Waals surface area contributed by atoms with E-state index in [1.54, 1.807) is 12.1 Å². The van der Waals surface area contributed by atoms with E-state index in [2.05, 4.69) is 27.4 Å². The Morgan fingerprint density at radius 1 is 1.14 bits per heavy atom. The first-order chi connectivity index (χ1) is 9.55. The summed E-state index contributed by atoms with van der Waals surface area (Å²) < 4.78 is 5.97. The summed E-state index contributed by atoms with van der Waals surface area (Å²) in [5, 5.41) is 9.43. The third-order valence-electron chi connectivity index (χ3n) is 3.80. The van der Waals surface area contributed by atoms with E-state index in [1.165, 1.54) is 5.56 Å². The van der Waals surface area contributed by atoms with Crippen molar-refractivity contribution in [2.45, 2.75) is 65.9 Å². The highest BCUT2D eigenvalue weighted by atomic mass is 16.5. The number of aromatic hydroxyl groups is 1. The molecular formula is C19H30O2. The van der Waals surface area contributed by atoms with E-state index in [9.17, 15) is 5.11 Å². The summed E-state index contributed by atoms with van der Waals surface area (Å²) in [4.78, 5) is 0. The molecule has 0 bridgehead atoms. The monoisotopic (exact) mass is 290 g/mol. The Morgan fingerprint density at radius 2 is 1.67 bits per heavy atom. The summed E-state index contributed by atoms with van der Waals surface area (Å²) >= 11 is 0. The molecule has 2 nitrogen and oxygen atoms in total. The van der Waals surface area contributed by atoms with Gasteiger partial charge in [-0.25, -0.2) is 0 Å². The van der Waals surface area contributed by atoms with Gasteiger partial charge in [-0.15, -0.1) is 0 Å². The van der Waals surface area contributed by atoms with Crippen LogP contribution < -0.4 is 0 Å². The second-order valence-electron chi connectivity index (χ2n) is 7.42. The largest absolute Gasteiger partial charge is 0.508 e.